The summed E-state index contributed by atoms with van der Waals surface area (Å²) in [6.45, 7) is 5.63. The summed E-state index contributed by atoms with van der Waals surface area (Å²) >= 11 is 1.61. The lowest BCUT2D eigenvalue weighted by molar-refractivity contribution is 0.0367. The summed E-state index contributed by atoms with van der Waals surface area (Å²) in [6.07, 6.45) is 1.99. The highest BCUT2D eigenvalue weighted by Gasteiger charge is 2.21. The average molecular weight is 267 g/mol. The van der Waals surface area contributed by atoms with Gasteiger partial charge >= 0.3 is 0 Å². The van der Waals surface area contributed by atoms with Gasteiger partial charge in [0, 0.05) is 24.1 Å². The predicted molar refractivity (Wildman–Crippen MR) is 76.2 cm³/mol. The Morgan fingerprint density at radius 3 is 2.56 bits per heavy atom. The zero-order valence-corrected chi connectivity index (χ0v) is 12.5. The van der Waals surface area contributed by atoms with E-state index in [0.717, 1.165) is 10.5 Å². The molecule has 0 aliphatic rings. The molecule has 0 unspecified atom stereocenters. The number of hydrogen-bond donors (Lipinski definition) is 1. The van der Waals surface area contributed by atoms with Crippen molar-refractivity contribution in [1.82, 2.24) is 4.90 Å². The van der Waals surface area contributed by atoms with Crippen LogP contribution in [0.5, 0.6) is 0 Å². The van der Waals surface area contributed by atoms with Crippen LogP contribution in [0.2, 0.25) is 0 Å². The van der Waals surface area contributed by atoms with Crippen molar-refractivity contribution >= 4 is 17.7 Å². The Morgan fingerprint density at radius 1 is 1.44 bits per heavy atom. The number of rotatable bonds is 4. The molecule has 3 nitrogen and oxygen atoms in total. The first kappa shape index (κ1) is 15.1. The van der Waals surface area contributed by atoms with E-state index in [9.17, 15) is 9.90 Å². The maximum atomic E-state index is 12.3. The zero-order valence-electron chi connectivity index (χ0n) is 11.7. The minimum absolute atomic E-state index is 0.0504. The van der Waals surface area contributed by atoms with Gasteiger partial charge in [-0.05, 0) is 44.7 Å². The molecule has 100 valence electrons. The maximum absolute atomic E-state index is 12.3. The summed E-state index contributed by atoms with van der Waals surface area (Å²) < 4.78 is 0. The minimum atomic E-state index is -0.880. The minimum Gasteiger partial charge on any atom is -0.389 e. The van der Waals surface area contributed by atoms with Crippen LogP contribution in [0.25, 0.3) is 0 Å². The Hall–Kier alpha value is -1.00. The standard InChI is InChI=1S/C14H21NO2S/c1-10-6-7-11(18-5)8-12(10)13(16)15(4)9-14(2,3)17/h6-8,17H,9H2,1-5H3. The third kappa shape index (κ3) is 4.03. The quantitative estimate of drug-likeness (QED) is 0.852. The van der Waals surface area contributed by atoms with Crippen LogP contribution in [0.15, 0.2) is 23.1 Å². The predicted octanol–water partition coefficient (Wildman–Crippen LogP) is 2.56. The van der Waals surface area contributed by atoms with Crippen LogP contribution in [-0.2, 0) is 0 Å². The van der Waals surface area contributed by atoms with Gasteiger partial charge in [0.05, 0.1) is 5.60 Å². The highest BCUT2D eigenvalue weighted by atomic mass is 32.2. The molecule has 0 radical (unpaired) electrons. The van der Waals surface area contributed by atoms with Crippen LogP contribution in [0.4, 0.5) is 0 Å². The average Bonchev–Trinajstić information content (AvgIpc) is 2.26. The number of hydrogen-bond acceptors (Lipinski definition) is 3. The molecule has 0 fully saturated rings. The number of benzene rings is 1. The van der Waals surface area contributed by atoms with Crippen LogP contribution < -0.4 is 0 Å². The first-order valence-corrected chi connectivity index (χ1v) is 7.09. The molecule has 0 spiro atoms. The van der Waals surface area contributed by atoms with E-state index >= 15 is 0 Å². The van der Waals surface area contributed by atoms with Gasteiger partial charge in [-0.3, -0.25) is 4.79 Å². The molecule has 0 saturated heterocycles. The highest BCUT2D eigenvalue weighted by Crippen LogP contribution is 2.20. The summed E-state index contributed by atoms with van der Waals surface area (Å²) in [5.41, 5.74) is 0.782. The van der Waals surface area contributed by atoms with Gasteiger partial charge in [0.1, 0.15) is 0 Å². The van der Waals surface area contributed by atoms with E-state index in [-0.39, 0.29) is 5.91 Å². The van der Waals surface area contributed by atoms with Crippen LogP contribution in [0.3, 0.4) is 0 Å². The maximum Gasteiger partial charge on any atom is 0.254 e. The van der Waals surface area contributed by atoms with E-state index in [1.807, 2.05) is 31.4 Å². The summed E-state index contributed by atoms with van der Waals surface area (Å²) in [4.78, 5) is 14.9. The van der Waals surface area contributed by atoms with Crippen molar-refractivity contribution in [2.24, 2.45) is 0 Å². The molecular weight excluding hydrogens is 246 g/mol. The van der Waals surface area contributed by atoms with Gasteiger partial charge in [0.2, 0.25) is 0 Å². The van der Waals surface area contributed by atoms with Gasteiger partial charge in [-0.15, -0.1) is 11.8 Å². The Bertz CT molecular complexity index is 438. The van der Waals surface area contributed by atoms with Gasteiger partial charge in [-0.2, -0.15) is 0 Å². The molecule has 4 heteroatoms. The van der Waals surface area contributed by atoms with Crippen molar-refractivity contribution in [3.8, 4) is 0 Å². The first-order valence-electron chi connectivity index (χ1n) is 5.87. The number of carbonyl (C=O) groups is 1. The van der Waals surface area contributed by atoms with Crippen molar-refractivity contribution in [1.29, 1.82) is 0 Å². The van der Waals surface area contributed by atoms with Crippen LogP contribution in [0, 0.1) is 6.92 Å². The van der Waals surface area contributed by atoms with Crippen molar-refractivity contribution in [2.75, 3.05) is 19.8 Å². The summed E-state index contributed by atoms with van der Waals surface area (Å²) in [5.74, 6) is -0.0504. The number of aliphatic hydroxyl groups is 1. The topological polar surface area (TPSA) is 40.5 Å². The van der Waals surface area contributed by atoms with Gasteiger partial charge in [0.15, 0.2) is 0 Å². The van der Waals surface area contributed by atoms with E-state index < -0.39 is 5.60 Å². The summed E-state index contributed by atoms with van der Waals surface area (Å²) in [7, 11) is 1.71. The third-order valence-electron chi connectivity index (χ3n) is 2.65. The number of thioether (sulfide) groups is 1. The fraction of sp³-hybridized carbons (Fsp3) is 0.500. The molecule has 0 heterocycles. The molecule has 0 bridgehead atoms. The second-order valence-corrected chi connectivity index (χ2v) is 6.03. The van der Waals surface area contributed by atoms with Crippen LogP contribution in [0.1, 0.15) is 29.8 Å². The Kier molecular flexibility index (Phi) is 4.82. The lowest BCUT2D eigenvalue weighted by atomic mass is 10.1. The number of nitrogens with zero attached hydrogens (tertiary/aromatic N) is 1. The summed E-state index contributed by atoms with van der Waals surface area (Å²) in [5, 5.41) is 9.76. The molecule has 0 atom stereocenters. The first-order chi connectivity index (χ1) is 8.24. The monoisotopic (exact) mass is 267 g/mol. The van der Waals surface area contributed by atoms with Crippen molar-refractivity contribution in [3.05, 3.63) is 29.3 Å². The van der Waals surface area contributed by atoms with Gasteiger partial charge in [-0.1, -0.05) is 6.07 Å². The van der Waals surface area contributed by atoms with Crippen molar-refractivity contribution in [3.63, 3.8) is 0 Å². The van der Waals surface area contributed by atoms with Gasteiger partial charge < -0.3 is 10.0 Å². The number of amides is 1. The van der Waals surface area contributed by atoms with E-state index in [1.54, 1.807) is 37.6 Å². The van der Waals surface area contributed by atoms with Crippen LogP contribution in [-0.4, -0.2) is 41.4 Å². The molecule has 0 aliphatic carbocycles. The number of carbonyl (C=O) groups excluding carboxylic acids is 1. The second-order valence-electron chi connectivity index (χ2n) is 5.15. The van der Waals surface area contributed by atoms with Crippen LogP contribution >= 0.6 is 11.8 Å². The molecule has 1 amide bonds. The molecule has 1 N–H and O–H groups in total. The van der Waals surface area contributed by atoms with Crippen molar-refractivity contribution < 1.29 is 9.90 Å². The van der Waals surface area contributed by atoms with Crippen molar-refractivity contribution in [2.45, 2.75) is 31.3 Å². The number of likely N-dealkylation sites (N-methyl/N-ethyl adjacent to an activating group) is 1. The van der Waals surface area contributed by atoms with E-state index in [1.165, 1.54) is 0 Å². The highest BCUT2D eigenvalue weighted by molar-refractivity contribution is 7.98. The lowest BCUT2D eigenvalue weighted by Crippen LogP contribution is -2.39. The molecule has 0 aliphatic heterocycles. The number of aryl methyl sites for hydroxylation is 1. The molecule has 0 aromatic heterocycles. The molecule has 0 saturated carbocycles. The molecule has 18 heavy (non-hydrogen) atoms. The molecule has 1 rings (SSSR count). The Balaban J connectivity index is 2.96. The lowest BCUT2D eigenvalue weighted by Gasteiger charge is -2.26. The Morgan fingerprint density at radius 2 is 2.06 bits per heavy atom. The van der Waals surface area contributed by atoms with E-state index in [0.29, 0.717) is 12.1 Å². The third-order valence-corrected chi connectivity index (χ3v) is 3.37. The fourth-order valence-corrected chi connectivity index (χ4v) is 2.26. The second kappa shape index (κ2) is 5.76. The Labute approximate surface area is 113 Å². The normalized spacial score (nSPS) is 11.4. The van der Waals surface area contributed by atoms with E-state index in [2.05, 4.69) is 0 Å². The summed E-state index contributed by atoms with van der Waals surface area (Å²) in [6, 6.07) is 5.87. The SMILES string of the molecule is CSc1ccc(C)c(C(=O)N(C)CC(C)(C)O)c1. The van der Waals surface area contributed by atoms with Gasteiger partial charge in [-0.25, -0.2) is 0 Å². The largest absolute Gasteiger partial charge is 0.389 e. The van der Waals surface area contributed by atoms with E-state index in [4.69, 9.17) is 0 Å². The van der Waals surface area contributed by atoms with Gasteiger partial charge in [0.25, 0.3) is 5.91 Å². The molecule has 1 aromatic rings. The molecule has 1 aromatic carbocycles. The molecular formula is C14H21NO2S. The zero-order chi connectivity index (χ0) is 13.9. The smallest absolute Gasteiger partial charge is 0.254 e. The fourth-order valence-electron chi connectivity index (χ4n) is 1.82.